The van der Waals surface area contributed by atoms with E-state index in [1.807, 2.05) is 0 Å². The monoisotopic (exact) mass is 280 g/mol. The number of nitrogens with zero attached hydrogens (tertiary/aromatic N) is 1. The molecule has 1 aliphatic rings. The first-order valence-corrected chi connectivity index (χ1v) is 6.03. The minimum absolute atomic E-state index is 0.00182. The smallest absolute Gasteiger partial charge is 0.317 e. The maximum Gasteiger partial charge on any atom is 0.317 e. The maximum absolute atomic E-state index is 11.8. The lowest BCUT2D eigenvalue weighted by Crippen LogP contribution is -2.40. The van der Waals surface area contributed by atoms with Crippen LogP contribution in [0.2, 0.25) is 0 Å². The molecule has 1 saturated heterocycles. The Morgan fingerprint density at radius 2 is 2.16 bits per heavy atom. The molecule has 0 saturated carbocycles. The van der Waals surface area contributed by atoms with Crippen molar-refractivity contribution in [3.05, 3.63) is 0 Å². The molecule has 0 bridgehead atoms. The molecule has 2 atom stereocenters. The third kappa shape index (κ3) is 4.98. The van der Waals surface area contributed by atoms with Crippen molar-refractivity contribution in [2.45, 2.75) is 13.3 Å². The molecule has 0 aromatic heterocycles. The molecule has 1 rings (SSSR count). The summed E-state index contributed by atoms with van der Waals surface area (Å²) in [4.78, 5) is 24.0. The third-order valence-electron chi connectivity index (χ3n) is 2.98. The number of urea groups is 1. The number of carboxylic acid groups (broad SMARTS) is 1. The fourth-order valence-corrected chi connectivity index (χ4v) is 1.97. The Morgan fingerprint density at radius 3 is 2.68 bits per heavy atom. The molecule has 110 valence electrons. The van der Waals surface area contributed by atoms with Gasteiger partial charge in [0, 0.05) is 19.6 Å². The van der Waals surface area contributed by atoms with Gasteiger partial charge in [0.15, 0.2) is 0 Å². The number of alkyl halides is 2. The number of aliphatic carboxylic acids is 1. The van der Waals surface area contributed by atoms with E-state index in [1.54, 1.807) is 6.92 Å². The van der Waals surface area contributed by atoms with Crippen molar-refractivity contribution in [1.29, 1.82) is 0 Å². The molecule has 8 heteroatoms. The molecular weight excluding hydrogens is 262 g/mol. The molecule has 1 fully saturated rings. The number of hydrogen-bond donors (Lipinski definition) is 2. The van der Waals surface area contributed by atoms with Gasteiger partial charge in [-0.15, -0.1) is 0 Å². The van der Waals surface area contributed by atoms with E-state index in [4.69, 9.17) is 5.11 Å². The van der Waals surface area contributed by atoms with Crippen LogP contribution < -0.4 is 5.32 Å². The minimum atomic E-state index is -2.52. The van der Waals surface area contributed by atoms with Gasteiger partial charge in [0.1, 0.15) is 6.61 Å². The van der Waals surface area contributed by atoms with Crippen LogP contribution in [0.3, 0.4) is 0 Å². The van der Waals surface area contributed by atoms with Gasteiger partial charge < -0.3 is 20.1 Å². The second-order valence-corrected chi connectivity index (χ2v) is 4.52. The highest BCUT2D eigenvalue weighted by molar-refractivity contribution is 5.77. The number of nitrogens with one attached hydrogen (secondary N) is 1. The molecule has 2 N–H and O–H groups in total. The average molecular weight is 280 g/mol. The van der Waals surface area contributed by atoms with Gasteiger partial charge in [-0.25, -0.2) is 13.6 Å². The third-order valence-corrected chi connectivity index (χ3v) is 2.98. The summed E-state index contributed by atoms with van der Waals surface area (Å²) in [5.41, 5.74) is 0. The highest BCUT2D eigenvalue weighted by Crippen LogP contribution is 2.22. The lowest BCUT2D eigenvalue weighted by atomic mass is 9.99. The fourth-order valence-electron chi connectivity index (χ4n) is 1.97. The zero-order valence-electron chi connectivity index (χ0n) is 10.6. The summed E-state index contributed by atoms with van der Waals surface area (Å²) in [5.74, 6) is -1.57. The van der Waals surface area contributed by atoms with E-state index in [9.17, 15) is 18.4 Å². The summed E-state index contributed by atoms with van der Waals surface area (Å²) in [6.45, 7) is 1.78. The van der Waals surface area contributed by atoms with Crippen LogP contribution >= 0.6 is 0 Å². The maximum atomic E-state index is 11.8. The van der Waals surface area contributed by atoms with Crippen LogP contribution in [0.15, 0.2) is 0 Å². The van der Waals surface area contributed by atoms with E-state index < -0.39 is 31.0 Å². The number of amides is 2. The summed E-state index contributed by atoms with van der Waals surface area (Å²) in [5, 5.41) is 11.4. The second kappa shape index (κ2) is 7.22. The van der Waals surface area contributed by atoms with Crippen LogP contribution in [0, 0.1) is 11.8 Å². The lowest BCUT2D eigenvalue weighted by molar-refractivity contribution is -0.142. The van der Waals surface area contributed by atoms with Crippen molar-refractivity contribution >= 4 is 12.0 Å². The first-order chi connectivity index (χ1) is 8.91. The van der Waals surface area contributed by atoms with Crippen LogP contribution in [0.25, 0.3) is 0 Å². The molecule has 2 unspecified atom stereocenters. The summed E-state index contributed by atoms with van der Waals surface area (Å²) in [7, 11) is 0. The van der Waals surface area contributed by atoms with Crippen molar-refractivity contribution in [1.82, 2.24) is 10.2 Å². The van der Waals surface area contributed by atoms with E-state index in [1.165, 1.54) is 4.90 Å². The van der Waals surface area contributed by atoms with Crippen molar-refractivity contribution in [3.8, 4) is 0 Å². The summed E-state index contributed by atoms with van der Waals surface area (Å²) in [6.07, 6.45) is -2.52. The molecule has 0 aromatic carbocycles. The number of rotatable bonds is 6. The molecule has 0 aliphatic carbocycles. The Bertz CT molecular complexity index is 328. The summed E-state index contributed by atoms with van der Waals surface area (Å²) in [6, 6.07) is -0.392. The van der Waals surface area contributed by atoms with E-state index in [2.05, 4.69) is 10.1 Å². The predicted molar refractivity (Wildman–Crippen MR) is 62.1 cm³/mol. The molecule has 0 aromatic rings. The second-order valence-electron chi connectivity index (χ2n) is 4.52. The molecule has 0 spiro atoms. The predicted octanol–water partition coefficient (Wildman–Crippen LogP) is 0.630. The Labute approximate surface area is 109 Å². The number of ether oxygens (including phenoxy) is 1. The quantitative estimate of drug-likeness (QED) is 0.699. The fraction of sp³-hybridized carbons (Fsp3) is 0.818. The van der Waals surface area contributed by atoms with Gasteiger partial charge in [-0.2, -0.15) is 0 Å². The Balaban J connectivity index is 2.22. The lowest BCUT2D eigenvalue weighted by Gasteiger charge is -2.16. The standard InChI is InChI=1S/C11H18F2N2O4/c1-7-4-15(5-8(7)10(16)17)11(18)14-2-3-19-6-9(12)13/h7-9H,2-6H2,1H3,(H,14,18)(H,16,17). The SMILES string of the molecule is CC1CN(C(=O)NCCOCC(F)F)CC1C(=O)O. The number of likely N-dealkylation sites (tertiary alicyclic amines) is 1. The summed E-state index contributed by atoms with van der Waals surface area (Å²) >= 11 is 0. The van der Waals surface area contributed by atoms with E-state index in [-0.39, 0.29) is 25.6 Å². The molecular formula is C11H18F2N2O4. The van der Waals surface area contributed by atoms with Crippen LogP contribution in [0.4, 0.5) is 13.6 Å². The molecule has 2 amide bonds. The van der Waals surface area contributed by atoms with Crippen LogP contribution in [-0.2, 0) is 9.53 Å². The number of carbonyl (C=O) groups is 2. The zero-order valence-corrected chi connectivity index (χ0v) is 10.6. The molecule has 1 aliphatic heterocycles. The van der Waals surface area contributed by atoms with Crippen LogP contribution in [-0.4, -0.2) is 61.3 Å². The average Bonchev–Trinajstić information content (AvgIpc) is 2.70. The topological polar surface area (TPSA) is 78.9 Å². The molecule has 19 heavy (non-hydrogen) atoms. The van der Waals surface area contributed by atoms with Crippen molar-refractivity contribution in [2.24, 2.45) is 11.8 Å². The highest BCUT2D eigenvalue weighted by Gasteiger charge is 2.36. The number of carbonyl (C=O) groups excluding carboxylic acids is 1. The van der Waals surface area contributed by atoms with E-state index in [0.29, 0.717) is 6.54 Å². The van der Waals surface area contributed by atoms with Gasteiger partial charge in [-0.1, -0.05) is 6.92 Å². The summed E-state index contributed by atoms with van der Waals surface area (Å²) < 4.78 is 28.1. The Kier molecular flexibility index (Phi) is 5.94. The first kappa shape index (κ1) is 15.6. The van der Waals surface area contributed by atoms with Gasteiger partial charge in [-0.05, 0) is 5.92 Å². The van der Waals surface area contributed by atoms with Gasteiger partial charge in [-0.3, -0.25) is 4.79 Å². The van der Waals surface area contributed by atoms with Gasteiger partial charge in [0.05, 0.1) is 12.5 Å². The Morgan fingerprint density at radius 1 is 1.47 bits per heavy atom. The molecule has 1 heterocycles. The van der Waals surface area contributed by atoms with Gasteiger partial charge >= 0.3 is 12.0 Å². The van der Waals surface area contributed by atoms with Crippen LogP contribution in [0.1, 0.15) is 6.92 Å². The van der Waals surface area contributed by atoms with E-state index in [0.717, 1.165) is 0 Å². The highest BCUT2D eigenvalue weighted by atomic mass is 19.3. The minimum Gasteiger partial charge on any atom is -0.481 e. The zero-order chi connectivity index (χ0) is 14.4. The number of halogens is 2. The van der Waals surface area contributed by atoms with Gasteiger partial charge in [0.2, 0.25) is 0 Å². The molecule has 0 radical (unpaired) electrons. The number of hydrogen-bond acceptors (Lipinski definition) is 3. The van der Waals surface area contributed by atoms with Crippen molar-refractivity contribution in [2.75, 3.05) is 32.8 Å². The normalized spacial score (nSPS) is 22.8. The van der Waals surface area contributed by atoms with Crippen molar-refractivity contribution in [3.63, 3.8) is 0 Å². The van der Waals surface area contributed by atoms with Crippen LogP contribution in [0.5, 0.6) is 0 Å². The number of carboxylic acids is 1. The van der Waals surface area contributed by atoms with E-state index >= 15 is 0 Å². The first-order valence-electron chi connectivity index (χ1n) is 6.03. The molecule has 6 nitrogen and oxygen atoms in total. The Hall–Kier alpha value is -1.44. The largest absolute Gasteiger partial charge is 0.481 e. The van der Waals surface area contributed by atoms with Crippen molar-refractivity contribution < 1.29 is 28.2 Å². The van der Waals surface area contributed by atoms with Gasteiger partial charge in [0.25, 0.3) is 6.43 Å².